The van der Waals surface area contributed by atoms with Crippen LogP contribution in [-0.2, 0) is 10.0 Å². The first-order chi connectivity index (χ1) is 8.39. The van der Waals surface area contributed by atoms with E-state index in [-0.39, 0.29) is 5.75 Å². The van der Waals surface area contributed by atoms with Crippen molar-refractivity contribution in [2.24, 2.45) is 0 Å². The quantitative estimate of drug-likeness (QED) is 0.836. The van der Waals surface area contributed by atoms with Crippen molar-refractivity contribution in [1.29, 1.82) is 0 Å². The second-order valence-electron chi connectivity index (χ2n) is 3.83. The fourth-order valence-electron chi connectivity index (χ4n) is 1.37. The number of nitrogens with one attached hydrogen (secondary N) is 2. The average molecular weight is 293 g/mol. The highest BCUT2D eigenvalue weighted by molar-refractivity contribution is 7.92. The van der Waals surface area contributed by atoms with Crippen molar-refractivity contribution < 1.29 is 13.2 Å². The Hall–Kier alpha value is -0.980. The summed E-state index contributed by atoms with van der Waals surface area (Å²) in [6, 6.07) is 3.24. The molecule has 0 heterocycles. The summed E-state index contributed by atoms with van der Waals surface area (Å²) in [6.07, 6.45) is 0. The highest BCUT2D eigenvalue weighted by Gasteiger charge is 2.14. The number of hydrogen-bond acceptors (Lipinski definition) is 4. The Kier molecular flexibility index (Phi) is 5.25. The molecule has 0 bridgehead atoms. The van der Waals surface area contributed by atoms with Gasteiger partial charge in [0.25, 0.3) is 0 Å². The lowest BCUT2D eigenvalue weighted by molar-refractivity contribution is 0.417. The third-order valence-corrected chi connectivity index (χ3v) is 4.05. The van der Waals surface area contributed by atoms with Gasteiger partial charge in [0.05, 0.1) is 18.6 Å². The Morgan fingerprint density at radius 3 is 2.61 bits per heavy atom. The number of sulfonamides is 1. The molecule has 7 heteroatoms. The first-order valence-electron chi connectivity index (χ1n) is 5.39. The molecule has 0 saturated carbocycles. The van der Waals surface area contributed by atoms with Crippen LogP contribution in [0.5, 0.6) is 5.75 Å². The van der Waals surface area contributed by atoms with Gasteiger partial charge >= 0.3 is 0 Å². The monoisotopic (exact) mass is 292 g/mol. The van der Waals surface area contributed by atoms with Crippen molar-refractivity contribution in [2.45, 2.75) is 6.92 Å². The van der Waals surface area contributed by atoms with E-state index in [0.29, 0.717) is 23.0 Å². The van der Waals surface area contributed by atoms with Gasteiger partial charge in [-0.1, -0.05) is 11.6 Å². The number of benzene rings is 1. The summed E-state index contributed by atoms with van der Waals surface area (Å²) in [7, 11) is -0.233. The second-order valence-corrected chi connectivity index (χ2v) is 6.08. The van der Waals surface area contributed by atoms with Gasteiger partial charge in [-0.05, 0) is 25.6 Å². The molecule has 0 aromatic heterocycles. The molecular formula is C11H17ClN2O3S. The summed E-state index contributed by atoms with van der Waals surface area (Å²) in [5.41, 5.74) is 1.18. The van der Waals surface area contributed by atoms with E-state index in [1.807, 2.05) is 0 Å². The highest BCUT2D eigenvalue weighted by Crippen LogP contribution is 2.31. The molecule has 0 radical (unpaired) electrons. The number of ether oxygens (including phenoxy) is 1. The molecule has 2 N–H and O–H groups in total. The summed E-state index contributed by atoms with van der Waals surface area (Å²) in [5.74, 6) is 0.396. The summed E-state index contributed by atoms with van der Waals surface area (Å²) >= 11 is 5.95. The number of hydrogen-bond donors (Lipinski definition) is 2. The van der Waals surface area contributed by atoms with Crippen LogP contribution >= 0.6 is 11.6 Å². The van der Waals surface area contributed by atoms with Crippen LogP contribution in [0.15, 0.2) is 12.1 Å². The van der Waals surface area contributed by atoms with Gasteiger partial charge < -0.3 is 10.1 Å². The van der Waals surface area contributed by atoms with E-state index < -0.39 is 10.0 Å². The predicted octanol–water partition coefficient (Wildman–Crippen LogP) is 1.62. The summed E-state index contributed by atoms with van der Waals surface area (Å²) in [4.78, 5) is 0. The fourth-order valence-corrected chi connectivity index (χ4v) is 2.59. The molecule has 0 fully saturated rings. The maximum atomic E-state index is 11.8. The lowest BCUT2D eigenvalue weighted by Crippen LogP contribution is -2.24. The number of halogens is 1. The maximum Gasteiger partial charge on any atom is 0.234 e. The Bertz CT molecular complexity index is 517. The first-order valence-corrected chi connectivity index (χ1v) is 7.42. The molecule has 102 valence electrons. The molecule has 0 amide bonds. The highest BCUT2D eigenvalue weighted by atomic mass is 35.5. The van der Waals surface area contributed by atoms with E-state index in [0.717, 1.165) is 5.56 Å². The van der Waals surface area contributed by atoms with E-state index in [2.05, 4.69) is 10.0 Å². The number of methoxy groups -OCH3 is 1. The van der Waals surface area contributed by atoms with E-state index in [1.165, 1.54) is 7.11 Å². The molecule has 1 aromatic carbocycles. The standard InChI is InChI=1S/C11H17ClN2O3S/c1-8-6-10(11(17-3)7-9(8)12)14-18(15,16)5-4-13-2/h6-7,13-14H,4-5H2,1-3H3. The van der Waals surface area contributed by atoms with Gasteiger partial charge in [-0.15, -0.1) is 0 Å². The molecule has 1 rings (SSSR count). The van der Waals surface area contributed by atoms with Gasteiger partial charge in [0.2, 0.25) is 10.0 Å². The summed E-state index contributed by atoms with van der Waals surface area (Å²) in [6.45, 7) is 2.18. The Balaban J connectivity index is 3.00. The molecule has 1 aromatic rings. The lowest BCUT2D eigenvalue weighted by Gasteiger charge is -2.13. The average Bonchev–Trinajstić information content (AvgIpc) is 2.30. The zero-order chi connectivity index (χ0) is 13.8. The van der Waals surface area contributed by atoms with Crippen molar-refractivity contribution in [2.75, 3.05) is 31.2 Å². The smallest absolute Gasteiger partial charge is 0.234 e. The molecule has 0 aliphatic rings. The van der Waals surface area contributed by atoms with Crippen molar-refractivity contribution >= 4 is 27.3 Å². The zero-order valence-electron chi connectivity index (χ0n) is 10.6. The van der Waals surface area contributed by atoms with E-state index >= 15 is 0 Å². The van der Waals surface area contributed by atoms with Crippen LogP contribution in [0.3, 0.4) is 0 Å². The normalized spacial score (nSPS) is 11.3. The fraction of sp³-hybridized carbons (Fsp3) is 0.455. The third kappa shape index (κ3) is 4.04. The molecule has 0 unspecified atom stereocenters. The van der Waals surface area contributed by atoms with Crippen LogP contribution in [-0.4, -0.2) is 34.9 Å². The molecule has 0 saturated heterocycles. The first kappa shape index (κ1) is 15.1. The van der Waals surface area contributed by atoms with Crippen LogP contribution in [0.4, 0.5) is 5.69 Å². The van der Waals surface area contributed by atoms with Gasteiger partial charge in [-0.25, -0.2) is 8.42 Å². The van der Waals surface area contributed by atoms with Crippen molar-refractivity contribution in [3.8, 4) is 5.75 Å². The third-order valence-electron chi connectivity index (χ3n) is 2.37. The second kappa shape index (κ2) is 6.26. The van der Waals surface area contributed by atoms with Crippen LogP contribution in [0.25, 0.3) is 0 Å². The number of aryl methyl sites for hydroxylation is 1. The molecule has 0 atom stereocenters. The minimum Gasteiger partial charge on any atom is -0.495 e. The van der Waals surface area contributed by atoms with E-state index in [4.69, 9.17) is 16.3 Å². The molecular weight excluding hydrogens is 276 g/mol. The van der Waals surface area contributed by atoms with Crippen molar-refractivity contribution in [3.63, 3.8) is 0 Å². The minimum atomic E-state index is -3.39. The SMILES string of the molecule is CNCCS(=O)(=O)Nc1cc(C)c(Cl)cc1OC. The van der Waals surface area contributed by atoms with Gasteiger partial charge in [0.1, 0.15) is 5.75 Å². The maximum absolute atomic E-state index is 11.8. The van der Waals surface area contributed by atoms with Crippen LogP contribution in [0.1, 0.15) is 5.56 Å². The minimum absolute atomic E-state index is 0.00563. The Morgan fingerprint density at radius 1 is 1.39 bits per heavy atom. The van der Waals surface area contributed by atoms with Crippen LogP contribution in [0.2, 0.25) is 5.02 Å². The Labute approximate surface area is 113 Å². The number of rotatable bonds is 6. The Morgan fingerprint density at radius 2 is 2.06 bits per heavy atom. The van der Waals surface area contributed by atoms with Gasteiger partial charge in [0, 0.05) is 17.6 Å². The molecule has 0 aliphatic heterocycles. The topological polar surface area (TPSA) is 67.4 Å². The van der Waals surface area contributed by atoms with E-state index in [9.17, 15) is 8.42 Å². The zero-order valence-corrected chi connectivity index (χ0v) is 12.2. The predicted molar refractivity (Wildman–Crippen MR) is 74.1 cm³/mol. The lowest BCUT2D eigenvalue weighted by atomic mass is 10.2. The van der Waals surface area contributed by atoms with E-state index in [1.54, 1.807) is 26.1 Å². The van der Waals surface area contributed by atoms with Crippen LogP contribution in [0, 0.1) is 6.92 Å². The van der Waals surface area contributed by atoms with Gasteiger partial charge in [-0.3, -0.25) is 4.72 Å². The molecule has 0 spiro atoms. The molecule has 0 aliphatic carbocycles. The summed E-state index contributed by atoms with van der Waals surface area (Å²) in [5, 5.41) is 3.32. The van der Waals surface area contributed by atoms with Crippen LogP contribution < -0.4 is 14.8 Å². The number of anilines is 1. The van der Waals surface area contributed by atoms with Crippen molar-refractivity contribution in [1.82, 2.24) is 5.32 Å². The molecule has 18 heavy (non-hydrogen) atoms. The van der Waals surface area contributed by atoms with Gasteiger partial charge in [-0.2, -0.15) is 0 Å². The largest absolute Gasteiger partial charge is 0.495 e. The van der Waals surface area contributed by atoms with Crippen molar-refractivity contribution in [3.05, 3.63) is 22.7 Å². The van der Waals surface area contributed by atoms with Gasteiger partial charge in [0.15, 0.2) is 0 Å². The molecule has 5 nitrogen and oxygen atoms in total. The summed E-state index contributed by atoms with van der Waals surface area (Å²) < 4.78 is 31.2.